The summed E-state index contributed by atoms with van der Waals surface area (Å²) in [6.07, 6.45) is 0.508. The first kappa shape index (κ1) is 10.6. The predicted octanol–water partition coefficient (Wildman–Crippen LogP) is 0.314. The Bertz CT molecular complexity index is 431. The number of nitrogen functional groups attached to an aromatic ring is 1. The summed E-state index contributed by atoms with van der Waals surface area (Å²) in [7, 11) is 1.56. The number of hydrogen-bond donors (Lipinski definition) is 2. The number of methoxy groups -OCH3 is 1. The van der Waals surface area contributed by atoms with Crippen LogP contribution < -0.4 is 20.9 Å². The Balaban J connectivity index is 2.41. The van der Waals surface area contributed by atoms with Crippen LogP contribution in [-0.4, -0.2) is 19.6 Å². The molecule has 16 heavy (non-hydrogen) atoms. The van der Waals surface area contributed by atoms with Crippen LogP contribution >= 0.6 is 0 Å². The number of carbonyl (C=O) groups excluding carboxylic acids is 1. The van der Waals surface area contributed by atoms with Crippen molar-refractivity contribution in [1.82, 2.24) is 0 Å². The smallest absolute Gasteiger partial charge is 0.224 e. The molecule has 1 atom stereocenters. The Morgan fingerprint density at radius 3 is 2.94 bits per heavy atom. The topological polar surface area (TPSA) is 87.6 Å². The highest BCUT2D eigenvalue weighted by atomic mass is 16.5. The molecule has 1 amide bonds. The number of ether oxygens (including phenoxy) is 2. The molecule has 0 radical (unpaired) electrons. The van der Waals surface area contributed by atoms with E-state index in [-0.39, 0.29) is 18.4 Å². The van der Waals surface area contributed by atoms with Gasteiger partial charge >= 0.3 is 0 Å². The van der Waals surface area contributed by atoms with E-state index in [4.69, 9.17) is 20.9 Å². The van der Waals surface area contributed by atoms with E-state index in [1.165, 1.54) is 0 Å². The van der Waals surface area contributed by atoms with Gasteiger partial charge in [-0.15, -0.1) is 0 Å². The van der Waals surface area contributed by atoms with Crippen molar-refractivity contribution < 1.29 is 14.3 Å². The van der Waals surface area contributed by atoms with E-state index in [0.29, 0.717) is 23.6 Å². The largest absolute Gasteiger partial charge is 0.493 e. The molecular formula is C11H14N2O3. The lowest BCUT2D eigenvalue weighted by atomic mass is 9.94. The van der Waals surface area contributed by atoms with Gasteiger partial charge in [0.25, 0.3) is 0 Å². The van der Waals surface area contributed by atoms with Crippen molar-refractivity contribution in [3.8, 4) is 11.5 Å². The number of primary amides is 1. The lowest BCUT2D eigenvalue weighted by Crippen LogP contribution is -2.33. The minimum absolute atomic E-state index is 0.280. The Morgan fingerprint density at radius 2 is 2.31 bits per heavy atom. The average molecular weight is 222 g/mol. The fraction of sp³-hybridized carbons (Fsp3) is 0.364. The van der Waals surface area contributed by atoms with Crippen LogP contribution in [0.2, 0.25) is 0 Å². The van der Waals surface area contributed by atoms with Gasteiger partial charge in [-0.25, -0.2) is 0 Å². The maximum absolute atomic E-state index is 11.1. The molecular weight excluding hydrogens is 208 g/mol. The van der Waals surface area contributed by atoms with Crippen LogP contribution in [0.25, 0.3) is 0 Å². The lowest BCUT2D eigenvalue weighted by Gasteiger charge is -2.25. The molecule has 0 fully saturated rings. The standard InChI is InChI=1S/C11H14N2O3/c1-15-9-3-2-8(12)7-4-6(11(13)14)5-16-10(7)9/h2-3,6H,4-5,12H2,1H3,(H2,13,14). The van der Waals surface area contributed by atoms with Crippen molar-refractivity contribution in [3.63, 3.8) is 0 Å². The fourth-order valence-electron chi connectivity index (χ4n) is 1.82. The summed E-state index contributed by atoms with van der Waals surface area (Å²) in [5.41, 5.74) is 12.5. The first-order chi connectivity index (χ1) is 7.63. The van der Waals surface area contributed by atoms with Gasteiger partial charge in [0.2, 0.25) is 5.91 Å². The number of anilines is 1. The van der Waals surface area contributed by atoms with E-state index in [9.17, 15) is 4.79 Å². The second kappa shape index (κ2) is 3.92. The van der Waals surface area contributed by atoms with Crippen molar-refractivity contribution in [1.29, 1.82) is 0 Å². The monoisotopic (exact) mass is 222 g/mol. The first-order valence-electron chi connectivity index (χ1n) is 5.01. The van der Waals surface area contributed by atoms with Crippen molar-refractivity contribution in [2.45, 2.75) is 6.42 Å². The molecule has 1 heterocycles. The van der Waals surface area contributed by atoms with Gasteiger partial charge in [-0.2, -0.15) is 0 Å². The van der Waals surface area contributed by atoms with Crippen LogP contribution in [-0.2, 0) is 11.2 Å². The van der Waals surface area contributed by atoms with Crippen LogP contribution in [0.15, 0.2) is 12.1 Å². The second-order valence-electron chi connectivity index (χ2n) is 3.78. The van der Waals surface area contributed by atoms with Crippen molar-refractivity contribution in [2.24, 2.45) is 11.7 Å². The Kier molecular flexibility index (Phi) is 2.60. The summed E-state index contributed by atoms with van der Waals surface area (Å²) in [5.74, 6) is 0.571. The molecule has 2 rings (SSSR count). The highest BCUT2D eigenvalue weighted by Gasteiger charge is 2.27. The Hall–Kier alpha value is -1.91. The van der Waals surface area contributed by atoms with Gasteiger partial charge in [0, 0.05) is 11.3 Å². The molecule has 86 valence electrons. The zero-order valence-electron chi connectivity index (χ0n) is 9.03. The number of hydrogen-bond acceptors (Lipinski definition) is 4. The van der Waals surface area contributed by atoms with E-state index in [1.807, 2.05) is 0 Å². The summed E-state index contributed by atoms with van der Waals surface area (Å²) in [6.45, 7) is 0.280. The molecule has 0 saturated carbocycles. The molecule has 0 saturated heterocycles. The molecule has 4 N–H and O–H groups in total. The molecule has 1 aromatic carbocycles. The summed E-state index contributed by atoms with van der Waals surface area (Å²) in [6, 6.07) is 3.49. The van der Waals surface area contributed by atoms with E-state index >= 15 is 0 Å². The third kappa shape index (κ3) is 1.64. The number of nitrogens with two attached hydrogens (primary N) is 2. The lowest BCUT2D eigenvalue weighted by molar-refractivity contribution is -0.123. The van der Waals surface area contributed by atoms with Crippen LogP contribution in [0.4, 0.5) is 5.69 Å². The minimum atomic E-state index is -0.368. The highest BCUT2D eigenvalue weighted by Crippen LogP contribution is 2.39. The third-order valence-corrected chi connectivity index (χ3v) is 2.76. The summed E-state index contributed by atoms with van der Waals surface area (Å²) in [5, 5.41) is 0. The molecule has 0 aliphatic carbocycles. The van der Waals surface area contributed by atoms with Crippen LogP contribution in [0.5, 0.6) is 11.5 Å². The van der Waals surface area contributed by atoms with Gasteiger partial charge in [-0.1, -0.05) is 0 Å². The Labute approximate surface area is 93.3 Å². The van der Waals surface area contributed by atoms with Gasteiger partial charge in [0.05, 0.1) is 13.0 Å². The Morgan fingerprint density at radius 1 is 1.56 bits per heavy atom. The van der Waals surface area contributed by atoms with Gasteiger partial charge in [-0.05, 0) is 18.6 Å². The predicted molar refractivity (Wildman–Crippen MR) is 59.3 cm³/mol. The molecule has 1 aliphatic rings. The number of benzene rings is 1. The molecule has 1 unspecified atom stereocenters. The zero-order valence-corrected chi connectivity index (χ0v) is 9.03. The van der Waals surface area contributed by atoms with E-state index in [0.717, 1.165) is 5.56 Å². The minimum Gasteiger partial charge on any atom is -0.493 e. The molecule has 0 aromatic heterocycles. The first-order valence-corrected chi connectivity index (χ1v) is 5.01. The van der Waals surface area contributed by atoms with Crippen LogP contribution in [0, 0.1) is 5.92 Å². The van der Waals surface area contributed by atoms with Gasteiger partial charge in [0.15, 0.2) is 11.5 Å². The van der Waals surface area contributed by atoms with Crippen molar-refractivity contribution in [3.05, 3.63) is 17.7 Å². The average Bonchev–Trinajstić information content (AvgIpc) is 2.29. The highest BCUT2D eigenvalue weighted by molar-refractivity contribution is 5.78. The second-order valence-corrected chi connectivity index (χ2v) is 3.78. The van der Waals surface area contributed by atoms with Crippen molar-refractivity contribution >= 4 is 11.6 Å². The van der Waals surface area contributed by atoms with E-state index in [2.05, 4.69) is 0 Å². The van der Waals surface area contributed by atoms with Gasteiger partial charge in [-0.3, -0.25) is 4.79 Å². The third-order valence-electron chi connectivity index (χ3n) is 2.76. The maximum atomic E-state index is 11.1. The van der Waals surface area contributed by atoms with E-state index < -0.39 is 0 Å². The van der Waals surface area contributed by atoms with Gasteiger partial charge < -0.3 is 20.9 Å². The fourth-order valence-corrected chi connectivity index (χ4v) is 1.82. The molecule has 5 nitrogen and oxygen atoms in total. The summed E-state index contributed by atoms with van der Waals surface area (Å²) >= 11 is 0. The zero-order chi connectivity index (χ0) is 11.7. The van der Waals surface area contributed by atoms with E-state index in [1.54, 1.807) is 19.2 Å². The maximum Gasteiger partial charge on any atom is 0.224 e. The van der Waals surface area contributed by atoms with Crippen LogP contribution in [0.3, 0.4) is 0 Å². The molecule has 0 spiro atoms. The summed E-state index contributed by atoms with van der Waals surface area (Å²) < 4.78 is 10.7. The summed E-state index contributed by atoms with van der Waals surface area (Å²) in [4.78, 5) is 11.1. The van der Waals surface area contributed by atoms with Crippen molar-refractivity contribution in [2.75, 3.05) is 19.5 Å². The van der Waals surface area contributed by atoms with Crippen LogP contribution in [0.1, 0.15) is 5.56 Å². The normalized spacial score (nSPS) is 18.4. The molecule has 1 aliphatic heterocycles. The SMILES string of the molecule is COc1ccc(N)c2c1OCC(C(N)=O)C2. The number of rotatable bonds is 2. The number of fused-ring (bicyclic) bond motifs is 1. The number of carbonyl (C=O) groups is 1. The molecule has 1 aromatic rings. The van der Waals surface area contributed by atoms with Gasteiger partial charge in [0.1, 0.15) is 6.61 Å². The molecule has 0 bridgehead atoms. The number of amides is 1. The quantitative estimate of drug-likeness (QED) is 0.705. The molecule has 5 heteroatoms.